The molecule has 0 unspecified atom stereocenters. The molecule has 0 N–H and O–H groups in total. The molecule has 4 nitrogen and oxygen atoms in total. The van der Waals surface area contributed by atoms with Crippen LogP contribution in [0, 0.1) is 0 Å². The minimum atomic E-state index is 0.366. The molecule has 2 aromatic rings. The van der Waals surface area contributed by atoms with E-state index < -0.39 is 0 Å². The van der Waals surface area contributed by atoms with Crippen molar-refractivity contribution in [2.45, 2.75) is 19.8 Å². The maximum absolute atomic E-state index is 10.9. The van der Waals surface area contributed by atoms with Gasteiger partial charge in [-0.15, -0.1) is 0 Å². The highest BCUT2D eigenvalue weighted by atomic mass is 16.5. The average Bonchev–Trinajstić information content (AvgIpc) is 2.58. The number of aldehydes is 1. The number of benzene rings is 2. The van der Waals surface area contributed by atoms with Crippen LogP contribution in [0.5, 0.6) is 17.2 Å². The number of rotatable bonds is 8. The van der Waals surface area contributed by atoms with Crippen molar-refractivity contribution in [2.75, 3.05) is 20.3 Å². The third kappa shape index (κ3) is 4.49. The van der Waals surface area contributed by atoms with Crippen LogP contribution in [0.1, 0.15) is 35.7 Å². The fourth-order valence-corrected chi connectivity index (χ4v) is 2.27. The SMILES string of the molecule is COc1ccc(C=O)cc1OCCOc1ccccc1C(C)C. The second-order valence-corrected chi connectivity index (χ2v) is 5.42. The van der Waals surface area contributed by atoms with E-state index in [1.165, 1.54) is 5.56 Å². The fraction of sp³-hybridized carbons (Fsp3) is 0.316. The summed E-state index contributed by atoms with van der Waals surface area (Å²) in [7, 11) is 1.57. The molecule has 0 aliphatic rings. The lowest BCUT2D eigenvalue weighted by atomic mass is 10.0. The molecule has 122 valence electrons. The van der Waals surface area contributed by atoms with E-state index in [1.54, 1.807) is 25.3 Å². The topological polar surface area (TPSA) is 44.8 Å². The first-order valence-corrected chi connectivity index (χ1v) is 7.63. The van der Waals surface area contributed by atoms with Gasteiger partial charge in [-0.1, -0.05) is 32.0 Å². The first kappa shape index (κ1) is 16.9. The van der Waals surface area contributed by atoms with Crippen molar-refractivity contribution in [1.29, 1.82) is 0 Å². The molecule has 0 bridgehead atoms. The first-order chi connectivity index (χ1) is 11.2. The lowest BCUT2D eigenvalue weighted by molar-refractivity contribution is 0.112. The van der Waals surface area contributed by atoms with Crippen LogP contribution in [0.15, 0.2) is 42.5 Å². The van der Waals surface area contributed by atoms with Gasteiger partial charge >= 0.3 is 0 Å². The van der Waals surface area contributed by atoms with Gasteiger partial charge in [0, 0.05) is 5.56 Å². The van der Waals surface area contributed by atoms with Crippen LogP contribution in [0.3, 0.4) is 0 Å². The second kappa shape index (κ2) is 8.22. The summed E-state index contributed by atoms with van der Waals surface area (Å²) in [6.07, 6.45) is 0.779. The molecule has 4 heteroatoms. The van der Waals surface area contributed by atoms with Crippen LogP contribution in [-0.2, 0) is 0 Å². The standard InChI is InChI=1S/C19H22O4/c1-14(2)16-6-4-5-7-17(16)22-10-11-23-19-12-15(13-20)8-9-18(19)21-3/h4-9,12-14H,10-11H2,1-3H3. The number of para-hydroxylation sites is 1. The van der Waals surface area contributed by atoms with Gasteiger partial charge in [-0.05, 0) is 35.7 Å². The van der Waals surface area contributed by atoms with Gasteiger partial charge in [0.25, 0.3) is 0 Å². The van der Waals surface area contributed by atoms with E-state index in [4.69, 9.17) is 14.2 Å². The Kier molecular flexibility index (Phi) is 6.03. The molecule has 0 atom stereocenters. The van der Waals surface area contributed by atoms with E-state index >= 15 is 0 Å². The van der Waals surface area contributed by atoms with Crippen molar-refractivity contribution in [3.63, 3.8) is 0 Å². The van der Waals surface area contributed by atoms with E-state index in [2.05, 4.69) is 19.9 Å². The Hall–Kier alpha value is -2.49. The monoisotopic (exact) mass is 314 g/mol. The van der Waals surface area contributed by atoms with E-state index in [-0.39, 0.29) is 0 Å². The predicted octanol–water partition coefficient (Wildman–Crippen LogP) is 4.09. The molecule has 0 spiro atoms. The van der Waals surface area contributed by atoms with Gasteiger partial charge < -0.3 is 14.2 Å². The Balaban J connectivity index is 1.95. The van der Waals surface area contributed by atoms with E-state index in [1.807, 2.05) is 18.2 Å². The zero-order chi connectivity index (χ0) is 16.7. The molecule has 0 aliphatic heterocycles. The molecule has 23 heavy (non-hydrogen) atoms. The summed E-state index contributed by atoms with van der Waals surface area (Å²) in [6, 6.07) is 13.1. The minimum Gasteiger partial charge on any atom is -0.493 e. The zero-order valence-electron chi connectivity index (χ0n) is 13.7. The summed E-state index contributed by atoms with van der Waals surface area (Å²) in [5.41, 5.74) is 1.72. The third-order valence-corrected chi connectivity index (χ3v) is 3.46. The lowest BCUT2D eigenvalue weighted by Crippen LogP contribution is -2.11. The Morgan fingerprint density at radius 3 is 2.30 bits per heavy atom. The Labute approximate surface area is 137 Å². The van der Waals surface area contributed by atoms with Gasteiger partial charge in [0.15, 0.2) is 11.5 Å². The average molecular weight is 314 g/mol. The maximum atomic E-state index is 10.9. The van der Waals surface area contributed by atoms with Gasteiger partial charge in [-0.3, -0.25) is 4.79 Å². The number of carbonyl (C=O) groups is 1. The lowest BCUT2D eigenvalue weighted by Gasteiger charge is -2.15. The second-order valence-electron chi connectivity index (χ2n) is 5.42. The molecule has 0 saturated carbocycles. The van der Waals surface area contributed by atoms with Crippen molar-refractivity contribution < 1.29 is 19.0 Å². The minimum absolute atomic E-state index is 0.366. The van der Waals surface area contributed by atoms with Crippen molar-refractivity contribution in [1.82, 2.24) is 0 Å². The molecule has 0 saturated heterocycles. The van der Waals surface area contributed by atoms with Crippen LogP contribution in [-0.4, -0.2) is 26.6 Å². The molecule has 0 aliphatic carbocycles. The van der Waals surface area contributed by atoms with Gasteiger partial charge in [0.1, 0.15) is 25.2 Å². The summed E-state index contributed by atoms with van der Waals surface area (Å²) in [4.78, 5) is 10.9. The summed E-state index contributed by atoms with van der Waals surface area (Å²) in [5.74, 6) is 2.41. The highest BCUT2D eigenvalue weighted by Gasteiger charge is 2.08. The van der Waals surface area contributed by atoms with Crippen LogP contribution in [0.25, 0.3) is 0 Å². The van der Waals surface area contributed by atoms with Gasteiger partial charge in [-0.25, -0.2) is 0 Å². The van der Waals surface area contributed by atoms with Crippen LogP contribution in [0.2, 0.25) is 0 Å². The highest BCUT2D eigenvalue weighted by molar-refractivity contribution is 5.76. The van der Waals surface area contributed by atoms with Gasteiger partial charge in [0.2, 0.25) is 0 Å². The molecule has 0 radical (unpaired) electrons. The molecule has 0 aromatic heterocycles. The number of carbonyl (C=O) groups excluding carboxylic acids is 1. The summed E-state index contributed by atoms with van der Waals surface area (Å²) >= 11 is 0. The van der Waals surface area contributed by atoms with E-state index in [0.717, 1.165) is 12.0 Å². The number of methoxy groups -OCH3 is 1. The predicted molar refractivity (Wildman–Crippen MR) is 89.9 cm³/mol. The normalized spacial score (nSPS) is 10.4. The smallest absolute Gasteiger partial charge is 0.162 e. The largest absolute Gasteiger partial charge is 0.493 e. The molecule has 2 aromatic carbocycles. The zero-order valence-corrected chi connectivity index (χ0v) is 13.7. The van der Waals surface area contributed by atoms with Gasteiger partial charge in [0.05, 0.1) is 7.11 Å². The van der Waals surface area contributed by atoms with Crippen LogP contribution >= 0.6 is 0 Å². The Morgan fingerprint density at radius 1 is 0.957 bits per heavy atom. The number of ether oxygens (including phenoxy) is 3. The number of hydrogen-bond acceptors (Lipinski definition) is 4. The third-order valence-electron chi connectivity index (χ3n) is 3.46. The van der Waals surface area contributed by atoms with Crippen molar-refractivity contribution >= 4 is 6.29 Å². The Morgan fingerprint density at radius 2 is 1.65 bits per heavy atom. The van der Waals surface area contributed by atoms with Crippen molar-refractivity contribution in [3.8, 4) is 17.2 Å². The maximum Gasteiger partial charge on any atom is 0.162 e. The Bertz CT molecular complexity index is 650. The quantitative estimate of drug-likeness (QED) is 0.544. The molecule has 0 fully saturated rings. The van der Waals surface area contributed by atoms with Crippen molar-refractivity contribution in [3.05, 3.63) is 53.6 Å². The molecular weight excluding hydrogens is 292 g/mol. The summed E-state index contributed by atoms with van der Waals surface area (Å²) < 4.78 is 16.7. The number of hydrogen-bond donors (Lipinski definition) is 0. The molecule has 2 rings (SSSR count). The van der Waals surface area contributed by atoms with Gasteiger partial charge in [-0.2, -0.15) is 0 Å². The fourth-order valence-electron chi connectivity index (χ4n) is 2.27. The van der Waals surface area contributed by atoms with Crippen molar-refractivity contribution in [2.24, 2.45) is 0 Å². The van der Waals surface area contributed by atoms with E-state index in [0.29, 0.717) is 36.2 Å². The summed E-state index contributed by atoms with van der Waals surface area (Å²) in [6.45, 7) is 5.05. The summed E-state index contributed by atoms with van der Waals surface area (Å²) in [5, 5.41) is 0. The molecule has 0 heterocycles. The van der Waals surface area contributed by atoms with Crippen LogP contribution < -0.4 is 14.2 Å². The molecular formula is C19H22O4. The van der Waals surface area contributed by atoms with E-state index in [9.17, 15) is 4.79 Å². The van der Waals surface area contributed by atoms with Crippen LogP contribution in [0.4, 0.5) is 0 Å². The molecule has 0 amide bonds. The first-order valence-electron chi connectivity index (χ1n) is 7.63. The highest BCUT2D eigenvalue weighted by Crippen LogP contribution is 2.28.